The highest BCUT2D eigenvalue weighted by molar-refractivity contribution is 6.01. The number of allylic oxidation sites excluding steroid dienone is 2. The summed E-state index contributed by atoms with van der Waals surface area (Å²) in [5.74, 6) is 5.23. The fourth-order valence-electron chi connectivity index (χ4n) is 1.18. The van der Waals surface area contributed by atoms with Crippen LogP contribution in [0.25, 0.3) is 0 Å². The predicted molar refractivity (Wildman–Crippen MR) is 60.6 cm³/mol. The van der Waals surface area contributed by atoms with Crippen LogP contribution in [0.5, 0.6) is 0 Å². The second-order valence-electron chi connectivity index (χ2n) is 3.13. The summed E-state index contributed by atoms with van der Waals surface area (Å²) in [4.78, 5) is 21.7. The molecule has 0 aliphatic heterocycles. The summed E-state index contributed by atoms with van der Waals surface area (Å²) in [5.41, 5.74) is 1.41. The standard InChI is InChI=1S/C11H18N2O2/c1-3-10(13-12)8-9(6-5-7-14)11(15)4-2/h6-7H,3-5,8,12H2,1-2H3/b9-6-,13-10-. The van der Waals surface area contributed by atoms with Crippen molar-refractivity contribution in [3.63, 3.8) is 0 Å². The number of nitrogens with zero attached hydrogens (tertiary/aromatic N) is 1. The normalized spacial score (nSPS) is 12.7. The van der Waals surface area contributed by atoms with Crippen molar-refractivity contribution in [3.8, 4) is 0 Å². The molecule has 0 radical (unpaired) electrons. The van der Waals surface area contributed by atoms with E-state index in [1.54, 1.807) is 13.0 Å². The molecule has 0 rings (SSSR count). The zero-order chi connectivity index (χ0) is 11.7. The van der Waals surface area contributed by atoms with Gasteiger partial charge in [0.2, 0.25) is 0 Å². The Hall–Kier alpha value is -1.45. The molecule has 84 valence electrons. The molecule has 0 bridgehead atoms. The lowest BCUT2D eigenvalue weighted by atomic mass is 10.0. The number of rotatable bonds is 7. The molecule has 2 N–H and O–H groups in total. The lowest BCUT2D eigenvalue weighted by Gasteiger charge is -2.05. The van der Waals surface area contributed by atoms with E-state index in [1.807, 2.05) is 6.92 Å². The van der Waals surface area contributed by atoms with Crippen LogP contribution in [0.15, 0.2) is 16.8 Å². The monoisotopic (exact) mass is 210 g/mol. The molecule has 0 saturated carbocycles. The van der Waals surface area contributed by atoms with Gasteiger partial charge in [0.1, 0.15) is 6.29 Å². The minimum atomic E-state index is 0.0476. The molecule has 0 aliphatic carbocycles. The van der Waals surface area contributed by atoms with Crippen LogP contribution in [0.3, 0.4) is 0 Å². The maximum Gasteiger partial charge on any atom is 0.158 e. The van der Waals surface area contributed by atoms with Gasteiger partial charge in [0, 0.05) is 25.0 Å². The summed E-state index contributed by atoms with van der Waals surface area (Å²) >= 11 is 0. The Morgan fingerprint density at radius 2 is 2.00 bits per heavy atom. The van der Waals surface area contributed by atoms with Crippen LogP contribution in [0.2, 0.25) is 0 Å². The third-order valence-electron chi connectivity index (χ3n) is 2.12. The molecule has 0 amide bonds. The Bertz CT molecular complexity index is 280. The van der Waals surface area contributed by atoms with E-state index in [-0.39, 0.29) is 12.2 Å². The van der Waals surface area contributed by atoms with Gasteiger partial charge in [-0.25, -0.2) is 0 Å². The van der Waals surface area contributed by atoms with E-state index in [0.29, 0.717) is 24.8 Å². The quantitative estimate of drug-likeness (QED) is 0.228. The first-order valence-electron chi connectivity index (χ1n) is 5.11. The van der Waals surface area contributed by atoms with Gasteiger partial charge in [0.05, 0.1) is 0 Å². The molecule has 0 aliphatic rings. The zero-order valence-corrected chi connectivity index (χ0v) is 9.32. The molecular weight excluding hydrogens is 192 g/mol. The molecule has 0 saturated heterocycles. The lowest BCUT2D eigenvalue weighted by molar-refractivity contribution is -0.115. The Labute approximate surface area is 90.2 Å². The average Bonchev–Trinajstić information content (AvgIpc) is 2.28. The molecule has 0 spiro atoms. The molecular formula is C11H18N2O2. The van der Waals surface area contributed by atoms with Crippen molar-refractivity contribution in [2.75, 3.05) is 0 Å². The number of carbonyl (C=O) groups is 2. The molecule has 0 atom stereocenters. The van der Waals surface area contributed by atoms with E-state index < -0.39 is 0 Å². The van der Waals surface area contributed by atoms with Crippen LogP contribution in [0.4, 0.5) is 0 Å². The molecule has 15 heavy (non-hydrogen) atoms. The Kier molecular flexibility index (Phi) is 7.14. The molecule has 0 aromatic rings. The largest absolute Gasteiger partial charge is 0.323 e. The van der Waals surface area contributed by atoms with Gasteiger partial charge in [-0.2, -0.15) is 5.10 Å². The molecule has 0 heterocycles. The number of carbonyl (C=O) groups excluding carboxylic acids is 2. The summed E-state index contributed by atoms with van der Waals surface area (Å²) in [5, 5.41) is 3.61. The molecule has 0 fully saturated rings. The van der Waals surface area contributed by atoms with E-state index in [4.69, 9.17) is 5.84 Å². The summed E-state index contributed by atoms with van der Waals surface area (Å²) < 4.78 is 0. The van der Waals surface area contributed by atoms with Gasteiger partial charge in [0.15, 0.2) is 5.78 Å². The number of hydrazone groups is 1. The van der Waals surface area contributed by atoms with Crippen molar-refractivity contribution in [1.82, 2.24) is 0 Å². The van der Waals surface area contributed by atoms with Gasteiger partial charge >= 0.3 is 0 Å². The Morgan fingerprint density at radius 1 is 1.33 bits per heavy atom. The highest BCUT2D eigenvalue weighted by Crippen LogP contribution is 2.09. The van der Waals surface area contributed by atoms with E-state index >= 15 is 0 Å². The van der Waals surface area contributed by atoms with Crippen molar-refractivity contribution in [3.05, 3.63) is 11.6 Å². The molecule has 0 aromatic carbocycles. The highest BCUT2D eigenvalue weighted by Gasteiger charge is 2.09. The lowest BCUT2D eigenvalue weighted by Crippen LogP contribution is -2.09. The molecule has 4 nitrogen and oxygen atoms in total. The Morgan fingerprint density at radius 3 is 2.40 bits per heavy atom. The summed E-state index contributed by atoms with van der Waals surface area (Å²) in [6, 6.07) is 0. The molecule has 0 unspecified atom stereocenters. The Balaban J connectivity index is 4.64. The van der Waals surface area contributed by atoms with E-state index in [1.165, 1.54) is 0 Å². The first kappa shape index (κ1) is 13.5. The third kappa shape index (κ3) is 5.10. The molecule has 0 aromatic heterocycles. The van der Waals surface area contributed by atoms with Crippen LogP contribution >= 0.6 is 0 Å². The van der Waals surface area contributed by atoms with Crippen LogP contribution in [-0.2, 0) is 9.59 Å². The first-order valence-corrected chi connectivity index (χ1v) is 5.11. The fourth-order valence-corrected chi connectivity index (χ4v) is 1.18. The number of hydrogen-bond acceptors (Lipinski definition) is 4. The number of Topliss-reactive ketones (excluding diaryl/α,β-unsaturated/α-hetero) is 1. The summed E-state index contributed by atoms with van der Waals surface area (Å²) in [6.07, 6.45) is 4.29. The minimum Gasteiger partial charge on any atom is -0.323 e. The van der Waals surface area contributed by atoms with Crippen LogP contribution in [0, 0.1) is 0 Å². The SMILES string of the molecule is CCC(=O)/C(=C\CC=O)C/C(CC)=N\N. The van der Waals surface area contributed by atoms with Crippen molar-refractivity contribution in [2.24, 2.45) is 10.9 Å². The minimum absolute atomic E-state index is 0.0476. The van der Waals surface area contributed by atoms with Gasteiger partial charge in [-0.1, -0.05) is 19.9 Å². The second-order valence-corrected chi connectivity index (χ2v) is 3.13. The van der Waals surface area contributed by atoms with E-state index in [0.717, 1.165) is 12.0 Å². The van der Waals surface area contributed by atoms with E-state index in [2.05, 4.69) is 5.10 Å². The zero-order valence-electron chi connectivity index (χ0n) is 9.32. The van der Waals surface area contributed by atoms with Crippen LogP contribution in [0.1, 0.15) is 39.5 Å². The van der Waals surface area contributed by atoms with Crippen molar-refractivity contribution in [2.45, 2.75) is 39.5 Å². The maximum absolute atomic E-state index is 11.5. The van der Waals surface area contributed by atoms with Gasteiger partial charge in [0.25, 0.3) is 0 Å². The van der Waals surface area contributed by atoms with Crippen LogP contribution < -0.4 is 5.84 Å². The number of ketones is 1. The number of hydrogen-bond donors (Lipinski definition) is 1. The van der Waals surface area contributed by atoms with Gasteiger partial charge in [-0.05, 0) is 12.0 Å². The molecule has 4 heteroatoms. The van der Waals surface area contributed by atoms with Gasteiger partial charge in [-0.15, -0.1) is 0 Å². The van der Waals surface area contributed by atoms with Gasteiger partial charge < -0.3 is 10.6 Å². The topological polar surface area (TPSA) is 72.5 Å². The second kappa shape index (κ2) is 7.91. The first-order chi connectivity index (χ1) is 7.19. The number of aldehydes is 1. The maximum atomic E-state index is 11.5. The highest BCUT2D eigenvalue weighted by atomic mass is 16.1. The van der Waals surface area contributed by atoms with Crippen molar-refractivity contribution in [1.29, 1.82) is 0 Å². The third-order valence-corrected chi connectivity index (χ3v) is 2.12. The smallest absolute Gasteiger partial charge is 0.158 e. The predicted octanol–water partition coefficient (Wildman–Crippen LogP) is 1.60. The van der Waals surface area contributed by atoms with Gasteiger partial charge in [-0.3, -0.25) is 4.79 Å². The van der Waals surface area contributed by atoms with E-state index in [9.17, 15) is 9.59 Å². The fraction of sp³-hybridized carbons (Fsp3) is 0.545. The van der Waals surface area contributed by atoms with Crippen molar-refractivity contribution >= 4 is 17.8 Å². The number of nitrogens with two attached hydrogens (primary N) is 1. The average molecular weight is 210 g/mol. The summed E-state index contributed by atoms with van der Waals surface area (Å²) in [7, 11) is 0. The van der Waals surface area contributed by atoms with Crippen molar-refractivity contribution < 1.29 is 9.59 Å². The summed E-state index contributed by atoms with van der Waals surface area (Å²) in [6.45, 7) is 3.72. The van der Waals surface area contributed by atoms with Crippen LogP contribution in [-0.4, -0.2) is 17.8 Å².